The molecule has 4 nitrogen and oxygen atoms in total. The molecule has 22 heavy (non-hydrogen) atoms. The van der Waals surface area contributed by atoms with Crippen LogP contribution in [0.3, 0.4) is 0 Å². The first-order valence-electron chi connectivity index (χ1n) is 7.64. The van der Waals surface area contributed by atoms with Crippen LogP contribution in [0.4, 0.5) is 5.69 Å². The van der Waals surface area contributed by atoms with Crippen LogP contribution in [0.15, 0.2) is 48.5 Å². The zero-order valence-corrected chi connectivity index (χ0v) is 12.5. The summed E-state index contributed by atoms with van der Waals surface area (Å²) in [5.74, 6) is -0.480. The topological polar surface area (TPSA) is 52.6 Å². The molecule has 2 aromatic rings. The van der Waals surface area contributed by atoms with Crippen LogP contribution in [0, 0.1) is 0 Å². The first kappa shape index (κ1) is 14.6. The molecule has 0 unspecified atom stereocenters. The van der Waals surface area contributed by atoms with Gasteiger partial charge in [0.2, 0.25) is 0 Å². The molecule has 0 saturated heterocycles. The Morgan fingerprint density at radius 3 is 2.64 bits per heavy atom. The van der Waals surface area contributed by atoms with Gasteiger partial charge < -0.3 is 4.90 Å². The van der Waals surface area contributed by atoms with Gasteiger partial charge in [-0.05, 0) is 48.6 Å². The lowest BCUT2D eigenvalue weighted by atomic mass is 10.1. The fraction of sp³-hybridized carbons (Fsp3) is 0.278. The molecule has 0 aromatic heterocycles. The van der Waals surface area contributed by atoms with Crippen LogP contribution in [-0.4, -0.2) is 17.7 Å². The van der Waals surface area contributed by atoms with Crippen molar-refractivity contribution in [1.29, 1.82) is 0 Å². The Labute approximate surface area is 130 Å². The van der Waals surface area contributed by atoms with Gasteiger partial charge in [-0.2, -0.15) is 0 Å². The minimum Gasteiger partial charge on any atom is -0.367 e. The molecule has 0 radical (unpaired) electrons. The first-order chi connectivity index (χ1) is 10.8. The SMILES string of the molecule is O=C(NO)c1ccc(CN2CCCCc3ccccc32)cc1. The quantitative estimate of drug-likeness (QED) is 0.676. The van der Waals surface area contributed by atoms with E-state index in [-0.39, 0.29) is 0 Å². The van der Waals surface area contributed by atoms with Gasteiger partial charge in [-0.25, -0.2) is 5.48 Å². The van der Waals surface area contributed by atoms with Crippen molar-refractivity contribution in [2.24, 2.45) is 0 Å². The molecule has 1 amide bonds. The number of nitrogens with zero attached hydrogens (tertiary/aromatic N) is 1. The van der Waals surface area contributed by atoms with Gasteiger partial charge in [-0.15, -0.1) is 0 Å². The summed E-state index contributed by atoms with van der Waals surface area (Å²) in [5.41, 5.74) is 6.00. The van der Waals surface area contributed by atoms with E-state index < -0.39 is 5.91 Å². The molecule has 0 atom stereocenters. The van der Waals surface area contributed by atoms with Crippen LogP contribution in [-0.2, 0) is 13.0 Å². The molecule has 0 aliphatic carbocycles. The number of amides is 1. The molecule has 4 heteroatoms. The molecule has 1 aliphatic heterocycles. The van der Waals surface area contributed by atoms with Gasteiger partial charge in [0.05, 0.1) is 0 Å². The fourth-order valence-electron chi connectivity index (χ4n) is 2.98. The molecule has 2 aromatic carbocycles. The van der Waals surface area contributed by atoms with Crippen molar-refractivity contribution in [1.82, 2.24) is 5.48 Å². The smallest absolute Gasteiger partial charge is 0.274 e. The van der Waals surface area contributed by atoms with E-state index in [1.54, 1.807) is 17.6 Å². The number of hydrogen-bond acceptors (Lipinski definition) is 3. The second-order valence-electron chi connectivity index (χ2n) is 5.65. The largest absolute Gasteiger partial charge is 0.367 e. The lowest BCUT2D eigenvalue weighted by molar-refractivity contribution is 0.0706. The summed E-state index contributed by atoms with van der Waals surface area (Å²) in [7, 11) is 0. The van der Waals surface area contributed by atoms with Gasteiger partial charge in [0.1, 0.15) is 0 Å². The Hall–Kier alpha value is -2.33. The maximum Gasteiger partial charge on any atom is 0.274 e. The zero-order valence-electron chi connectivity index (χ0n) is 12.5. The number of para-hydroxylation sites is 1. The molecule has 1 aliphatic rings. The maximum atomic E-state index is 11.4. The normalized spacial score (nSPS) is 14.1. The van der Waals surface area contributed by atoms with E-state index in [1.165, 1.54) is 24.1 Å². The van der Waals surface area contributed by atoms with Crippen LogP contribution in [0.2, 0.25) is 0 Å². The molecule has 1 heterocycles. The van der Waals surface area contributed by atoms with Gasteiger partial charge in [-0.1, -0.05) is 30.3 Å². The predicted molar refractivity (Wildman–Crippen MR) is 86.1 cm³/mol. The molecule has 0 fully saturated rings. The number of anilines is 1. The van der Waals surface area contributed by atoms with E-state index in [4.69, 9.17) is 5.21 Å². The molecule has 3 rings (SSSR count). The van der Waals surface area contributed by atoms with Crippen molar-refractivity contribution in [3.8, 4) is 0 Å². The van der Waals surface area contributed by atoms with Crippen molar-refractivity contribution in [3.63, 3.8) is 0 Å². The third-order valence-electron chi connectivity index (χ3n) is 4.15. The Kier molecular flexibility index (Phi) is 4.39. The Balaban J connectivity index is 1.79. The highest BCUT2D eigenvalue weighted by atomic mass is 16.5. The third kappa shape index (κ3) is 3.12. The van der Waals surface area contributed by atoms with Crippen LogP contribution >= 0.6 is 0 Å². The van der Waals surface area contributed by atoms with Gasteiger partial charge in [0, 0.05) is 24.3 Å². The number of nitrogens with one attached hydrogen (secondary N) is 1. The van der Waals surface area contributed by atoms with Crippen LogP contribution in [0.1, 0.15) is 34.3 Å². The number of carbonyl (C=O) groups excluding carboxylic acids is 1. The molecular formula is C18H20N2O2. The third-order valence-corrected chi connectivity index (χ3v) is 4.15. The number of rotatable bonds is 3. The monoisotopic (exact) mass is 296 g/mol. The van der Waals surface area contributed by atoms with Crippen LogP contribution in [0.5, 0.6) is 0 Å². The number of fused-ring (bicyclic) bond motifs is 1. The molecule has 0 bridgehead atoms. The number of hydrogen-bond donors (Lipinski definition) is 2. The standard InChI is InChI=1S/C18H20N2O2/c21-18(19-22)16-10-8-14(9-11-16)13-20-12-4-3-6-15-5-1-2-7-17(15)20/h1-2,5,7-11,22H,3-4,6,12-13H2,(H,19,21). The summed E-state index contributed by atoms with van der Waals surface area (Å²) >= 11 is 0. The fourth-order valence-corrected chi connectivity index (χ4v) is 2.98. The number of hydroxylamine groups is 1. The summed E-state index contributed by atoms with van der Waals surface area (Å²) in [6, 6.07) is 16.0. The Morgan fingerprint density at radius 2 is 1.86 bits per heavy atom. The highest BCUT2D eigenvalue weighted by Crippen LogP contribution is 2.27. The Bertz CT molecular complexity index is 652. The second kappa shape index (κ2) is 6.62. The summed E-state index contributed by atoms with van der Waals surface area (Å²) in [4.78, 5) is 13.8. The predicted octanol–water partition coefficient (Wildman–Crippen LogP) is 3.15. The van der Waals surface area contributed by atoms with Gasteiger partial charge in [0.15, 0.2) is 0 Å². The van der Waals surface area contributed by atoms with E-state index in [0.717, 1.165) is 25.1 Å². The highest BCUT2D eigenvalue weighted by molar-refractivity contribution is 5.93. The molecule has 2 N–H and O–H groups in total. The van der Waals surface area contributed by atoms with Gasteiger partial charge >= 0.3 is 0 Å². The summed E-state index contributed by atoms with van der Waals surface area (Å²) in [5, 5.41) is 8.65. The minimum absolute atomic E-state index is 0.461. The van der Waals surface area contributed by atoms with E-state index in [9.17, 15) is 4.79 Å². The van der Waals surface area contributed by atoms with Crippen molar-refractivity contribution >= 4 is 11.6 Å². The van der Waals surface area contributed by atoms with E-state index in [2.05, 4.69) is 29.2 Å². The molecule has 0 saturated carbocycles. The average Bonchev–Trinajstić information content (AvgIpc) is 2.77. The van der Waals surface area contributed by atoms with Crippen molar-refractivity contribution < 1.29 is 10.0 Å². The Morgan fingerprint density at radius 1 is 1.09 bits per heavy atom. The summed E-state index contributed by atoms with van der Waals surface area (Å²) < 4.78 is 0. The maximum absolute atomic E-state index is 11.4. The highest BCUT2D eigenvalue weighted by Gasteiger charge is 2.15. The summed E-state index contributed by atoms with van der Waals surface area (Å²) in [6.07, 6.45) is 3.56. The lowest BCUT2D eigenvalue weighted by Crippen LogP contribution is -2.23. The second-order valence-corrected chi connectivity index (χ2v) is 5.65. The lowest BCUT2D eigenvalue weighted by Gasteiger charge is -2.25. The van der Waals surface area contributed by atoms with Gasteiger partial charge in [0.25, 0.3) is 5.91 Å². The van der Waals surface area contributed by atoms with Gasteiger partial charge in [-0.3, -0.25) is 10.0 Å². The molecular weight excluding hydrogens is 276 g/mol. The first-order valence-corrected chi connectivity index (χ1v) is 7.64. The van der Waals surface area contributed by atoms with Crippen LogP contribution in [0.25, 0.3) is 0 Å². The van der Waals surface area contributed by atoms with E-state index >= 15 is 0 Å². The van der Waals surface area contributed by atoms with Crippen molar-refractivity contribution in [2.45, 2.75) is 25.8 Å². The van der Waals surface area contributed by atoms with Crippen molar-refractivity contribution in [3.05, 3.63) is 65.2 Å². The molecule has 114 valence electrons. The summed E-state index contributed by atoms with van der Waals surface area (Å²) in [6.45, 7) is 1.88. The zero-order chi connectivity index (χ0) is 15.4. The minimum atomic E-state index is -0.480. The number of benzene rings is 2. The molecule has 0 spiro atoms. The number of carbonyl (C=O) groups is 1. The van der Waals surface area contributed by atoms with Crippen molar-refractivity contribution in [2.75, 3.05) is 11.4 Å². The average molecular weight is 296 g/mol. The van der Waals surface area contributed by atoms with E-state index in [0.29, 0.717) is 5.56 Å². The van der Waals surface area contributed by atoms with E-state index in [1.807, 2.05) is 12.1 Å². The number of aryl methyl sites for hydroxylation is 1. The van der Waals surface area contributed by atoms with Crippen LogP contribution < -0.4 is 10.4 Å².